The van der Waals surface area contributed by atoms with Gasteiger partial charge in [-0.25, -0.2) is 0 Å². The largest absolute Gasteiger partial charge is 0.112 e. The summed E-state index contributed by atoms with van der Waals surface area (Å²) >= 11 is 18.9. The third kappa shape index (κ3) is 3.35. The third-order valence-corrected chi connectivity index (χ3v) is 9.35. The molecule has 0 nitrogen and oxygen atoms in total. The van der Waals surface area contributed by atoms with Gasteiger partial charge in [-0.15, -0.1) is 0 Å². The summed E-state index contributed by atoms with van der Waals surface area (Å²) in [7, 11) is -1.87. The van der Waals surface area contributed by atoms with Crippen LogP contribution in [-0.4, -0.2) is 6.16 Å². The van der Waals surface area contributed by atoms with Gasteiger partial charge in [-0.2, -0.15) is 0 Å². The Morgan fingerprint density at radius 3 is 1.21 bits per heavy atom. The average Bonchev–Trinajstić information content (AvgIpc) is 2.56. The molecule has 0 amide bonds. The average molecular weight is 395 g/mol. The van der Waals surface area contributed by atoms with Crippen LogP contribution in [0.2, 0.25) is 15.1 Å². The second kappa shape index (κ2) is 7.46. The standard InChI is InChI=1S/C20H17Cl3P/c1-2-24(18-9-3-6-15(21)12-18,19-10-4-7-16(22)13-19)20-11-5-8-17(23)14-20/h3-14H,2H2,1H3/q+1. The SMILES string of the molecule is CC[P+](c1cccc(Cl)c1)(c1cccc(Cl)c1)c1cccc(Cl)c1. The lowest BCUT2D eigenvalue weighted by molar-refractivity contribution is 1.48. The zero-order valence-electron chi connectivity index (χ0n) is 13.2. The van der Waals surface area contributed by atoms with Crippen LogP contribution in [0, 0.1) is 0 Å². The van der Waals surface area contributed by atoms with Crippen LogP contribution in [-0.2, 0) is 0 Å². The summed E-state index contributed by atoms with van der Waals surface area (Å²) in [4.78, 5) is 0. The molecule has 24 heavy (non-hydrogen) atoms. The molecule has 0 N–H and O–H groups in total. The Morgan fingerprint density at radius 2 is 0.958 bits per heavy atom. The topological polar surface area (TPSA) is 0 Å². The van der Waals surface area contributed by atoms with Gasteiger partial charge in [0.25, 0.3) is 0 Å². The Labute approximate surface area is 158 Å². The van der Waals surface area contributed by atoms with Gasteiger partial charge in [0.05, 0.1) is 6.16 Å². The highest BCUT2D eigenvalue weighted by molar-refractivity contribution is 7.95. The first kappa shape index (κ1) is 17.8. The minimum atomic E-state index is -1.87. The summed E-state index contributed by atoms with van der Waals surface area (Å²) in [5, 5.41) is 5.95. The van der Waals surface area contributed by atoms with Crippen molar-refractivity contribution in [2.24, 2.45) is 0 Å². The van der Waals surface area contributed by atoms with E-state index in [4.69, 9.17) is 34.8 Å². The monoisotopic (exact) mass is 393 g/mol. The number of rotatable bonds is 4. The van der Waals surface area contributed by atoms with Crippen molar-refractivity contribution in [1.29, 1.82) is 0 Å². The summed E-state index contributed by atoms with van der Waals surface area (Å²) in [6.45, 7) is 2.22. The van der Waals surface area contributed by atoms with Gasteiger partial charge in [0.15, 0.2) is 0 Å². The van der Waals surface area contributed by atoms with Crippen LogP contribution in [0.4, 0.5) is 0 Å². The quantitative estimate of drug-likeness (QED) is 0.479. The fourth-order valence-electron chi connectivity index (χ4n) is 3.14. The van der Waals surface area contributed by atoms with E-state index in [1.54, 1.807) is 0 Å². The highest BCUT2D eigenvalue weighted by Gasteiger charge is 2.44. The molecular weight excluding hydrogens is 378 g/mol. The molecular formula is C20H17Cl3P+. The van der Waals surface area contributed by atoms with E-state index in [9.17, 15) is 0 Å². The lowest BCUT2D eigenvalue weighted by atomic mass is 10.3. The van der Waals surface area contributed by atoms with Crippen molar-refractivity contribution in [1.82, 2.24) is 0 Å². The molecule has 0 aliphatic rings. The van der Waals surface area contributed by atoms with Crippen molar-refractivity contribution < 1.29 is 0 Å². The Balaban J connectivity index is 2.34. The van der Waals surface area contributed by atoms with Gasteiger partial charge in [-0.3, -0.25) is 0 Å². The molecule has 0 unspecified atom stereocenters. The zero-order chi connectivity index (χ0) is 17.2. The maximum absolute atomic E-state index is 6.31. The molecule has 122 valence electrons. The van der Waals surface area contributed by atoms with E-state index in [1.165, 1.54) is 15.9 Å². The second-order valence-corrected chi connectivity index (χ2v) is 10.7. The van der Waals surface area contributed by atoms with E-state index in [-0.39, 0.29) is 0 Å². The van der Waals surface area contributed by atoms with Gasteiger partial charge in [0.2, 0.25) is 0 Å². The molecule has 0 bridgehead atoms. The molecule has 3 aromatic rings. The van der Waals surface area contributed by atoms with Gasteiger partial charge in [-0.1, -0.05) is 53.0 Å². The fourth-order valence-corrected chi connectivity index (χ4v) is 8.02. The molecule has 0 atom stereocenters. The first-order chi connectivity index (χ1) is 11.6. The van der Waals surface area contributed by atoms with E-state index < -0.39 is 7.26 Å². The van der Waals surface area contributed by atoms with Gasteiger partial charge in [-0.05, 0) is 61.5 Å². The summed E-state index contributed by atoms with van der Waals surface area (Å²) in [6, 6.07) is 24.4. The maximum atomic E-state index is 6.31. The molecule has 0 fully saturated rings. The molecule has 0 saturated carbocycles. The normalized spacial score (nSPS) is 11.5. The van der Waals surface area contributed by atoms with Gasteiger partial charge in [0.1, 0.15) is 23.2 Å². The summed E-state index contributed by atoms with van der Waals surface area (Å²) in [6.07, 6.45) is 0.966. The molecule has 0 radical (unpaired) electrons. The van der Waals surface area contributed by atoms with E-state index in [0.717, 1.165) is 21.2 Å². The number of halogens is 3. The maximum Gasteiger partial charge on any atom is 0.112 e. The number of hydrogen-bond acceptors (Lipinski definition) is 0. The Kier molecular flexibility index (Phi) is 5.52. The van der Waals surface area contributed by atoms with Crippen LogP contribution in [0.5, 0.6) is 0 Å². The molecule has 0 spiro atoms. The fraction of sp³-hybridized carbons (Fsp3) is 0.100. The summed E-state index contributed by atoms with van der Waals surface area (Å²) < 4.78 is 0. The highest BCUT2D eigenvalue weighted by Crippen LogP contribution is 2.55. The van der Waals surface area contributed by atoms with Crippen molar-refractivity contribution in [3.63, 3.8) is 0 Å². The zero-order valence-corrected chi connectivity index (χ0v) is 16.4. The van der Waals surface area contributed by atoms with E-state index in [2.05, 4.69) is 43.3 Å². The molecule has 0 heterocycles. The van der Waals surface area contributed by atoms with Crippen LogP contribution in [0.3, 0.4) is 0 Å². The molecule has 0 aliphatic carbocycles. The van der Waals surface area contributed by atoms with Gasteiger partial charge < -0.3 is 0 Å². The van der Waals surface area contributed by atoms with Crippen LogP contribution in [0.1, 0.15) is 6.92 Å². The molecule has 3 aromatic carbocycles. The van der Waals surface area contributed by atoms with Crippen LogP contribution in [0.15, 0.2) is 72.8 Å². The second-order valence-electron chi connectivity index (χ2n) is 5.57. The predicted molar refractivity (Wildman–Crippen MR) is 111 cm³/mol. The van der Waals surface area contributed by atoms with Crippen molar-refractivity contribution >= 4 is 58.0 Å². The summed E-state index contributed by atoms with van der Waals surface area (Å²) in [5.74, 6) is 0. The van der Waals surface area contributed by atoms with Crippen LogP contribution < -0.4 is 15.9 Å². The van der Waals surface area contributed by atoms with Crippen LogP contribution >= 0.6 is 42.1 Å². The minimum Gasteiger partial charge on any atom is -0.0842 e. The van der Waals surface area contributed by atoms with E-state index in [1.807, 2.05) is 36.4 Å². The van der Waals surface area contributed by atoms with Crippen molar-refractivity contribution in [3.8, 4) is 0 Å². The lowest BCUT2D eigenvalue weighted by Gasteiger charge is -2.26. The molecule has 0 aromatic heterocycles. The Morgan fingerprint density at radius 1 is 0.625 bits per heavy atom. The molecule has 3 rings (SSSR count). The predicted octanol–water partition coefficient (Wildman–Crippen LogP) is 5.96. The first-order valence-electron chi connectivity index (χ1n) is 7.73. The molecule has 0 aliphatic heterocycles. The Bertz CT molecular complexity index is 750. The van der Waals surface area contributed by atoms with Crippen molar-refractivity contribution in [2.45, 2.75) is 6.92 Å². The van der Waals surface area contributed by atoms with Crippen molar-refractivity contribution in [2.75, 3.05) is 6.16 Å². The number of hydrogen-bond donors (Lipinski definition) is 0. The Hall–Kier alpha value is -1.04. The van der Waals surface area contributed by atoms with Crippen molar-refractivity contribution in [3.05, 3.63) is 87.9 Å². The molecule has 4 heteroatoms. The van der Waals surface area contributed by atoms with Crippen LogP contribution in [0.25, 0.3) is 0 Å². The first-order valence-corrected chi connectivity index (χ1v) is 10.8. The third-order valence-electron chi connectivity index (χ3n) is 4.22. The van der Waals surface area contributed by atoms with Gasteiger partial charge in [0, 0.05) is 15.1 Å². The van der Waals surface area contributed by atoms with E-state index in [0.29, 0.717) is 0 Å². The lowest BCUT2D eigenvalue weighted by Crippen LogP contribution is -2.32. The number of benzene rings is 3. The minimum absolute atomic E-state index is 0.745. The highest BCUT2D eigenvalue weighted by atomic mass is 35.5. The smallest absolute Gasteiger partial charge is 0.0842 e. The summed E-state index contributed by atoms with van der Waals surface area (Å²) in [5.41, 5.74) is 0. The molecule has 0 saturated heterocycles. The van der Waals surface area contributed by atoms with E-state index >= 15 is 0 Å². The van der Waals surface area contributed by atoms with Gasteiger partial charge >= 0.3 is 0 Å².